The highest BCUT2D eigenvalue weighted by Crippen LogP contribution is 2.51. The number of anilines is 3. The molecule has 2 unspecified atom stereocenters. The summed E-state index contributed by atoms with van der Waals surface area (Å²) in [6.07, 6.45) is 0.906. The van der Waals surface area contributed by atoms with Gasteiger partial charge in [-0.1, -0.05) is 207 Å². The number of nitrogens with zero attached hydrogens (tertiary/aromatic N) is 2. The lowest BCUT2D eigenvalue weighted by atomic mass is 9.73. The molecule has 0 amide bonds. The van der Waals surface area contributed by atoms with Crippen LogP contribution in [0, 0.1) is 0 Å². The van der Waals surface area contributed by atoms with Crippen molar-refractivity contribution in [3.8, 4) is 27.9 Å². The molecular weight excluding hydrogens is 857 g/mol. The van der Waals surface area contributed by atoms with Crippen LogP contribution in [0.3, 0.4) is 0 Å². The van der Waals surface area contributed by atoms with Crippen LogP contribution in [0.25, 0.3) is 60.4 Å². The van der Waals surface area contributed by atoms with Gasteiger partial charge in [-0.25, -0.2) is 0 Å². The summed E-state index contributed by atoms with van der Waals surface area (Å²) in [5.41, 5.74) is 22.1. The molecule has 1 aromatic heterocycles. The second kappa shape index (κ2) is 16.8. The van der Waals surface area contributed by atoms with Gasteiger partial charge in [-0.3, -0.25) is 0 Å². The first kappa shape index (κ1) is 41.3. The van der Waals surface area contributed by atoms with Crippen LogP contribution in [0.2, 0.25) is 0 Å². The second-order valence-electron chi connectivity index (χ2n) is 19.6. The average Bonchev–Trinajstić information content (AvgIpc) is 3.97. The van der Waals surface area contributed by atoms with E-state index in [1.54, 1.807) is 0 Å². The minimum absolute atomic E-state index is 0.192. The van der Waals surface area contributed by atoms with Crippen molar-refractivity contribution in [2.75, 3.05) is 4.90 Å². The fourth-order valence-electron chi connectivity index (χ4n) is 12.5. The van der Waals surface area contributed by atoms with E-state index in [9.17, 15) is 0 Å². The normalized spacial score (nSPS) is 14.8. The molecular formula is C69H50N2. The molecule has 1 heterocycles. The molecule has 11 aromatic carbocycles. The Kier molecular flexibility index (Phi) is 9.74. The maximum Gasteiger partial charge on any atom is 0.0534 e. The Morgan fingerprint density at radius 2 is 0.944 bits per heavy atom. The van der Waals surface area contributed by atoms with Gasteiger partial charge in [-0.15, -0.1) is 0 Å². The predicted octanol–water partition coefficient (Wildman–Crippen LogP) is 18.1. The van der Waals surface area contributed by atoms with Crippen molar-refractivity contribution in [1.29, 1.82) is 0 Å². The Bertz CT molecular complexity index is 3930. The number of fused-ring (bicyclic) bond motifs is 10. The SMILES string of the molecule is CC1c2ccccc2C(Cc2ccc3c(ccc4cc(N(c5ccc(-c6ccccc6)cc5)c5ccc(C6c7ccccc7-c7ccccc76)cc5)ccc43)c2)c2c1c1ccccc1n2-c1ccccc1. The second-order valence-corrected chi connectivity index (χ2v) is 19.6. The van der Waals surface area contributed by atoms with Gasteiger partial charge in [0.05, 0.1) is 5.52 Å². The minimum Gasteiger partial charge on any atom is -0.313 e. The van der Waals surface area contributed by atoms with E-state index in [0.717, 1.165) is 23.5 Å². The van der Waals surface area contributed by atoms with E-state index in [1.165, 1.54) is 105 Å². The zero-order chi connectivity index (χ0) is 47.0. The third kappa shape index (κ3) is 6.78. The molecule has 0 saturated heterocycles. The van der Waals surface area contributed by atoms with Crippen molar-refractivity contribution in [1.82, 2.24) is 4.57 Å². The fourth-order valence-corrected chi connectivity index (χ4v) is 12.5. The molecule has 0 saturated carbocycles. The van der Waals surface area contributed by atoms with Crippen LogP contribution in [0.15, 0.2) is 255 Å². The summed E-state index contributed by atoms with van der Waals surface area (Å²) in [6, 6.07) is 94.8. The van der Waals surface area contributed by atoms with Gasteiger partial charge in [-0.05, 0) is 144 Å². The Hall–Kier alpha value is -8.72. The number of para-hydroxylation sites is 2. The first-order chi connectivity index (χ1) is 35.1. The zero-order valence-corrected chi connectivity index (χ0v) is 39.6. The van der Waals surface area contributed by atoms with E-state index in [4.69, 9.17) is 0 Å². The zero-order valence-electron chi connectivity index (χ0n) is 39.6. The summed E-state index contributed by atoms with van der Waals surface area (Å²) in [6.45, 7) is 2.40. The van der Waals surface area contributed by atoms with Gasteiger partial charge in [0.25, 0.3) is 0 Å². The first-order valence-corrected chi connectivity index (χ1v) is 25.1. The summed E-state index contributed by atoms with van der Waals surface area (Å²) in [7, 11) is 0. The Labute approximate surface area is 415 Å². The van der Waals surface area contributed by atoms with Crippen molar-refractivity contribution in [2.45, 2.75) is 31.1 Å². The third-order valence-corrected chi connectivity index (χ3v) is 15.7. The van der Waals surface area contributed by atoms with Crippen molar-refractivity contribution >= 4 is 49.5 Å². The molecule has 0 spiro atoms. The largest absolute Gasteiger partial charge is 0.313 e. The van der Waals surface area contributed by atoms with E-state index in [2.05, 4.69) is 271 Å². The summed E-state index contributed by atoms with van der Waals surface area (Å²) in [4.78, 5) is 2.41. The van der Waals surface area contributed by atoms with Gasteiger partial charge in [0, 0.05) is 51.6 Å². The van der Waals surface area contributed by atoms with Crippen LogP contribution in [-0.2, 0) is 6.42 Å². The quantitative estimate of drug-likeness (QED) is 0.138. The van der Waals surface area contributed by atoms with E-state index >= 15 is 0 Å². The number of aromatic nitrogens is 1. The van der Waals surface area contributed by atoms with Crippen LogP contribution in [-0.4, -0.2) is 4.57 Å². The molecule has 12 aromatic rings. The molecule has 2 aliphatic carbocycles. The Morgan fingerprint density at radius 3 is 1.65 bits per heavy atom. The molecule has 2 nitrogen and oxygen atoms in total. The lowest BCUT2D eigenvalue weighted by molar-refractivity contribution is 0.687. The van der Waals surface area contributed by atoms with E-state index in [-0.39, 0.29) is 17.8 Å². The maximum absolute atomic E-state index is 2.55. The van der Waals surface area contributed by atoms with Gasteiger partial charge in [0.15, 0.2) is 0 Å². The topological polar surface area (TPSA) is 8.17 Å². The lowest BCUT2D eigenvalue weighted by Crippen LogP contribution is -2.20. The smallest absolute Gasteiger partial charge is 0.0534 e. The fraction of sp³-hybridized carbons (Fsp3) is 0.0725. The number of benzene rings is 11. The summed E-state index contributed by atoms with van der Waals surface area (Å²) in [5.74, 6) is 0.680. The molecule has 71 heavy (non-hydrogen) atoms. The van der Waals surface area contributed by atoms with Crippen molar-refractivity contribution in [3.63, 3.8) is 0 Å². The van der Waals surface area contributed by atoms with Crippen LogP contribution >= 0.6 is 0 Å². The first-order valence-electron chi connectivity index (χ1n) is 25.1. The van der Waals surface area contributed by atoms with Gasteiger partial charge in [0.1, 0.15) is 0 Å². The minimum atomic E-state index is 0.192. The molecule has 0 bridgehead atoms. The van der Waals surface area contributed by atoms with E-state index in [1.807, 2.05) is 0 Å². The molecule has 0 fully saturated rings. The van der Waals surface area contributed by atoms with Crippen LogP contribution in [0.4, 0.5) is 17.1 Å². The van der Waals surface area contributed by atoms with Crippen LogP contribution in [0.1, 0.15) is 69.3 Å². The van der Waals surface area contributed by atoms with Crippen molar-refractivity contribution < 1.29 is 0 Å². The average molecular weight is 907 g/mol. The van der Waals surface area contributed by atoms with Gasteiger partial charge in [0.2, 0.25) is 0 Å². The maximum atomic E-state index is 2.55. The van der Waals surface area contributed by atoms with Crippen molar-refractivity contribution in [3.05, 3.63) is 299 Å². The van der Waals surface area contributed by atoms with E-state index in [0.29, 0.717) is 0 Å². The molecule has 0 aliphatic heterocycles. The molecule has 2 aliphatic rings. The van der Waals surface area contributed by atoms with Crippen LogP contribution < -0.4 is 4.90 Å². The monoisotopic (exact) mass is 906 g/mol. The molecule has 0 radical (unpaired) electrons. The Balaban J connectivity index is 0.842. The summed E-state index contributed by atoms with van der Waals surface area (Å²) < 4.78 is 2.55. The predicted molar refractivity (Wildman–Crippen MR) is 297 cm³/mol. The summed E-state index contributed by atoms with van der Waals surface area (Å²) in [5, 5.41) is 6.37. The molecule has 2 heteroatoms. The highest BCUT2D eigenvalue weighted by molar-refractivity contribution is 6.09. The van der Waals surface area contributed by atoms with Gasteiger partial charge >= 0.3 is 0 Å². The lowest BCUT2D eigenvalue weighted by Gasteiger charge is -2.32. The highest BCUT2D eigenvalue weighted by atomic mass is 15.1. The van der Waals surface area contributed by atoms with Crippen molar-refractivity contribution in [2.24, 2.45) is 0 Å². The highest BCUT2D eigenvalue weighted by Gasteiger charge is 2.36. The van der Waals surface area contributed by atoms with Crippen LogP contribution in [0.5, 0.6) is 0 Å². The molecule has 2 atom stereocenters. The molecule has 14 rings (SSSR count). The van der Waals surface area contributed by atoms with Gasteiger partial charge < -0.3 is 9.47 Å². The van der Waals surface area contributed by atoms with Gasteiger partial charge in [-0.2, -0.15) is 0 Å². The van der Waals surface area contributed by atoms with E-state index < -0.39 is 0 Å². The molecule has 0 N–H and O–H groups in total. The number of rotatable bonds is 8. The molecule has 336 valence electrons. The standard InChI is InChI=1S/C69H50N2/c1-45-56-20-8-9-21-59(56)65(69-67(45)64-26-14-15-27-66(64)71(69)52-18-6-3-7-19-52)43-46-28-40-57-50(42-46)29-30-51-44-55(39-41-58(51)57)70(53-35-31-48(32-36-53)47-16-4-2-5-17-47)54-37-33-49(34-38-54)68-62-24-12-10-22-60(62)61-23-11-13-25-63(61)68/h2-42,44-45,65,68H,43H2,1H3. The summed E-state index contributed by atoms with van der Waals surface area (Å²) >= 11 is 0. The Morgan fingerprint density at radius 1 is 0.408 bits per heavy atom. The third-order valence-electron chi connectivity index (χ3n) is 15.7. The number of hydrogen-bond acceptors (Lipinski definition) is 1. The number of hydrogen-bond donors (Lipinski definition) is 0.